The van der Waals surface area contributed by atoms with Gasteiger partial charge in [-0.05, 0) is 44.2 Å². The van der Waals surface area contributed by atoms with Crippen molar-refractivity contribution >= 4 is 33.4 Å². The van der Waals surface area contributed by atoms with E-state index in [-0.39, 0.29) is 21.8 Å². The number of nitrogens with one attached hydrogen (secondary N) is 1. The molecule has 0 aliphatic rings. The molecular weight excluding hydrogens is 408 g/mol. The Hall–Kier alpha value is -2.03. The highest BCUT2D eigenvalue weighted by Gasteiger charge is 2.26. The van der Waals surface area contributed by atoms with Crippen molar-refractivity contribution in [1.82, 2.24) is 4.31 Å². The van der Waals surface area contributed by atoms with E-state index < -0.39 is 10.0 Å². The quantitative estimate of drug-likeness (QED) is 0.564. The summed E-state index contributed by atoms with van der Waals surface area (Å²) in [6.45, 7) is 8.24. The standard InChI is InChI=1S/C21H28N2O4S2/c1-5-23(6-2)29(25,26)20-15-17(13-14-19(20)27-7-3)22-21(24)16(4)28-18-11-9-8-10-12-18/h8-16H,5-7H2,1-4H3,(H,22,24). The van der Waals surface area contributed by atoms with Crippen molar-refractivity contribution in [2.75, 3.05) is 25.0 Å². The van der Waals surface area contributed by atoms with E-state index in [9.17, 15) is 13.2 Å². The highest BCUT2D eigenvalue weighted by atomic mass is 32.2. The molecular formula is C21H28N2O4S2. The molecule has 0 aliphatic heterocycles. The summed E-state index contributed by atoms with van der Waals surface area (Å²) >= 11 is 1.44. The van der Waals surface area contributed by atoms with Crippen LogP contribution in [0.1, 0.15) is 27.7 Å². The van der Waals surface area contributed by atoms with Gasteiger partial charge in [-0.15, -0.1) is 11.8 Å². The minimum atomic E-state index is -3.73. The van der Waals surface area contributed by atoms with Gasteiger partial charge in [0.15, 0.2) is 0 Å². The van der Waals surface area contributed by atoms with Crippen LogP contribution in [0.25, 0.3) is 0 Å². The molecule has 0 aliphatic carbocycles. The van der Waals surface area contributed by atoms with Crippen LogP contribution in [-0.4, -0.2) is 43.6 Å². The topological polar surface area (TPSA) is 75.7 Å². The van der Waals surface area contributed by atoms with Crippen molar-refractivity contribution in [2.24, 2.45) is 0 Å². The minimum Gasteiger partial charge on any atom is -0.492 e. The first kappa shape index (κ1) is 23.3. The summed E-state index contributed by atoms with van der Waals surface area (Å²) in [5.74, 6) is 0.0818. The Morgan fingerprint density at radius 3 is 2.34 bits per heavy atom. The van der Waals surface area contributed by atoms with Crippen molar-refractivity contribution in [1.29, 1.82) is 0 Å². The summed E-state index contributed by atoms with van der Waals surface area (Å²) in [6, 6.07) is 14.4. The van der Waals surface area contributed by atoms with Gasteiger partial charge >= 0.3 is 0 Å². The molecule has 1 atom stereocenters. The molecule has 0 bridgehead atoms. The molecule has 29 heavy (non-hydrogen) atoms. The van der Waals surface area contributed by atoms with Gasteiger partial charge in [-0.1, -0.05) is 32.0 Å². The fraction of sp³-hybridized carbons (Fsp3) is 0.381. The number of sulfonamides is 1. The first-order chi connectivity index (χ1) is 13.8. The average molecular weight is 437 g/mol. The molecule has 0 aromatic heterocycles. The highest BCUT2D eigenvalue weighted by Crippen LogP contribution is 2.31. The lowest BCUT2D eigenvalue weighted by Gasteiger charge is -2.21. The molecule has 1 unspecified atom stereocenters. The molecule has 0 heterocycles. The molecule has 158 valence electrons. The van der Waals surface area contributed by atoms with Gasteiger partial charge in [-0.2, -0.15) is 4.31 Å². The summed E-state index contributed by atoms with van der Waals surface area (Å²) in [7, 11) is -3.73. The maximum absolute atomic E-state index is 13.0. The largest absolute Gasteiger partial charge is 0.492 e. The summed E-state index contributed by atoms with van der Waals surface area (Å²) in [5.41, 5.74) is 0.421. The normalized spacial score (nSPS) is 12.6. The van der Waals surface area contributed by atoms with Gasteiger partial charge in [0.05, 0.1) is 11.9 Å². The van der Waals surface area contributed by atoms with Gasteiger partial charge in [0, 0.05) is 23.7 Å². The van der Waals surface area contributed by atoms with Crippen molar-refractivity contribution < 1.29 is 17.9 Å². The molecule has 2 aromatic carbocycles. The van der Waals surface area contributed by atoms with E-state index in [2.05, 4.69) is 5.32 Å². The molecule has 0 saturated carbocycles. The van der Waals surface area contributed by atoms with Crippen LogP contribution in [0, 0.1) is 0 Å². The van der Waals surface area contributed by atoms with Crippen molar-refractivity contribution in [2.45, 2.75) is 42.7 Å². The lowest BCUT2D eigenvalue weighted by atomic mass is 10.3. The Morgan fingerprint density at radius 2 is 1.76 bits per heavy atom. The van der Waals surface area contributed by atoms with Gasteiger partial charge in [0.25, 0.3) is 0 Å². The van der Waals surface area contributed by atoms with Crippen molar-refractivity contribution in [3.63, 3.8) is 0 Å². The van der Waals surface area contributed by atoms with Crippen LogP contribution in [0.15, 0.2) is 58.3 Å². The Balaban J connectivity index is 2.26. The zero-order chi connectivity index (χ0) is 21.4. The first-order valence-electron chi connectivity index (χ1n) is 9.63. The third-order valence-corrected chi connectivity index (χ3v) is 7.44. The van der Waals surface area contributed by atoms with Gasteiger partial charge in [0.1, 0.15) is 10.6 Å². The maximum Gasteiger partial charge on any atom is 0.246 e. The fourth-order valence-corrected chi connectivity index (χ4v) is 5.27. The second-order valence-electron chi connectivity index (χ2n) is 6.25. The molecule has 0 fully saturated rings. The minimum absolute atomic E-state index is 0.0595. The number of carbonyl (C=O) groups is 1. The Bertz CT molecular complexity index is 914. The Labute approximate surface area is 177 Å². The monoisotopic (exact) mass is 436 g/mol. The van der Waals surface area contributed by atoms with E-state index in [1.54, 1.807) is 32.9 Å². The predicted octanol–water partition coefficient (Wildman–Crippen LogP) is 4.24. The fourth-order valence-electron chi connectivity index (χ4n) is 2.77. The van der Waals surface area contributed by atoms with Crippen LogP contribution >= 0.6 is 11.8 Å². The van der Waals surface area contributed by atoms with Crippen molar-refractivity contribution in [3.8, 4) is 5.75 Å². The zero-order valence-corrected chi connectivity index (χ0v) is 18.8. The second-order valence-corrected chi connectivity index (χ2v) is 9.57. The third kappa shape index (κ3) is 5.98. The SMILES string of the molecule is CCOc1ccc(NC(=O)C(C)Sc2ccccc2)cc1S(=O)(=O)N(CC)CC. The van der Waals surface area contributed by atoms with Crippen LogP contribution in [0.5, 0.6) is 5.75 Å². The van der Waals surface area contributed by atoms with Gasteiger partial charge in [0.2, 0.25) is 15.9 Å². The van der Waals surface area contributed by atoms with E-state index in [0.29, 0.717) is 25.4 Å². The summed E-state index contributed by atoms with van der Waals surface area (Å²) in [6.07, 6.45) is 0. The first-order valence-corrected chi connectivity index (χ1v) is 11.9. The number of carbonyl (C=O) groups excluding carboxylic acids is 1. The summed E-state index contributed by atoms with van der Waals surface area (Å²) in [5, 5.41) is 2.48. The molecule has 0 radical (unpaired) electrons. The Morgan fingerprint density at radius 1 is 1.10 bits per heavy atom. The van der Waals surface area contributed by atoms with Crippen LogP contribution in [-0.2, 0) is 14.8 Å². The maximum atomic E-state index is 13.0. The number of ether oxygens (including phenoxy) is 1. The molecule has 0 saturated heterocycles. The van der Waals surface area contributed by atoms with Crippen molar-refractivity contribution in [3.05, 3.63) is 48.5 Å². The van der Waals surface area contributed by atoms with Crippen LogP contribution in [0.3, 0.4) is 0 Å². The Kier molecular flexibility index (Phi) is 8.55. The van der Waals surface area contributed by atoms with Gasteiger partial charge in [-0.25, -0.2) is 8.42 Å². The lowest BCUT2D eigenvalue weighted by Crippen LogP contribution is -2.31. The predicted molar refractivity (Wildman–Crippen MR) is 118 cm³/mol. The molecule has 2 aromatic rings. The second kappa shape index (κ2) is 10.7. The molecule has 1 N–H and O–H groups in total. The number of rotatable bonds is 10. The number of hydrogen-bond donors (Lipinski definition) is 1. The van der Waals surface area contributed by atoms with Gasteiger partial charge in [-0.3, -0.25) is 4.79 Å². The zero-order valence-electron chi connectivity index (χ0n) is 17.2. The summed E-state index contributed by atoms with van der Waals surface area (Å²) < 4.78 is 33.0. The van der Waals surface area contributed by atoms with Crippen LogP contribution < -0.4 is 10.1 Å². The number of thioether (sulfide) groups is 1. The number of nitrogens with zero attached hydrogens (tertiary/aromatic N) is 1. The number of hydrogen-bond acceptors (Lipinski definition) is 5. The lowest BCUT2D eigenvalue weighted by molar-refractivity contribution is -0.115. The van der Waals surface area contributed by atoms with Crippen LogP contribution in [0.4, 0.5) is 5.69 Å². The third-order valence-electron chi connectivity index (χ3n) is 4.26. The smallest absolute Gasteiger partial charge is 0.246 e. The number of anilines is 1. The molecule has 2 rings (SSSR count). The molecule has 6 nitrogen and oxygen atoms in total. The van der Waals surface area contributed by atoms with Crippen LogP contribution in [0.2, 0.25) is 0 Å². The van der Waals surface area contributed by atoms with E-state index in [1.807, 2.05) is 37.3 Å². The molecule has 0 spiro atoms. The summed E-state index contributed by atoms with van der Waals surface area (Å²) in [4.78, 5) is 13.7. The van der Waals surface area contributed by atoms with Gasteiger partial charge < -0.3 is 10.1 Å². The van der Waals surface area contributed by atoms with E-state index in [1.165, 1.54) is 22.1 Å². The highest BCUT2D eigenvalue weighted by molar-refractivity contribution is 8.00. The molecule has 1 amide bonds. The van der Waals surface area contributed by atoms with E-state index in [4.69, 9.17) is 4.74 Å². The van der Waals surface area contributed by atoms with E-state index in [0.717, 1.165) is 4.90 Å². The van der Waals surface area contributed by atoms with E-state index >= 15 is 0 Å². The number of amides is 1. The number of benzene rings is 2. The molecule has 8 heteroatoms. The average Bonchev–Trinajstić information content (AvgIpc) is 2.70.